The largest absolute Gasteiger partial charge is 0.370 e. The molecule has 0 saturated heterocycles. The zero-order valence-corrected chi connectivity index (χ0v) is 11.9. The minimum atomic E-state index is -0.671. The lowest BCUT2D eigenvalue weighted by molar-refractivity contribution is -0.0194. The monoisotopic (exact) mass is 286 g/mol. The summed E-state index contributed by atoms with van der Waals surface area (Å²) in [5.41, 5.74) is -0.0942. The molecule has 2 rings (SSSR count). The van der Waals surface area contributed by atoms with E-state index in [4.69, 9.17) is 27.9 Å². The number of methoxy groups -OCH3 is 1. The Morgan fingerprint density at radius 1 is 1.17 bits per heavy atom. The molecule has 1 aromatic rings. The van der Waals surface area contributed by atoms with Crippen molar-refractivity contribution in [3.05, 3.63) is 33.8 Å². The van der Waals surface area contributed by atoms with E-state index in [1.165, 1.54) is 6.42 Å². The summed E-state index contributed by atoms with van der Waals surface area (Å²) in [4.78, 5) is 12.6. The van der Waals surface area contributed by atoms with Crippen LogP contribution in [0.5, 0.6) is 0 Å². The van der Waals surface area contributed by atoms with Crippen LogP contribution in [0, 0.1) is 0 Å². The molecule has 0 N–H and O–H groups in total. The van der Waals surface area contributed by atoms with E-state index in [0.29, 0.717) is 15.6 Å². The summed E-state index contributed by atoms with van der Waals surface area (Å²) >= 11 is 11.8. The minimum absolute atomic E-state index is 0.0169. The summed E-state index contributed by atoms with van der Waals surface area (Å²) in [7, 11) is 1.61. The van der Waals surface area contributed by atoms with Gasteiger partial charge in [-0.2, -0.15) is 0 Å². The van der Waals surface area contributed by atoms with Gasteiger partial charge in [-0.1, -0.05) is 42.5 Å². The molecule has 18 heavy (non-hydrogen) atoms. The van der Waals surface area contributed by atoms with Crippen molar-refractivity contribution < 1.29 is 9.53 Å². The highest BCUT2D eigenvalue weighted by molar-refractivity contribution is 6.42. The maximum Gasteiger partial charge on any atom is 0.194 e. The van der Waals surface area contributed by atoms with E-state index < -0.39 is 5.60 Å². The first-order chi connectivity index (χ1) is 8.59. The van der Waals surface area contributed by atoms with Crippen molar-refractivity contribution in [2.75, 3.05) is 7.11 Å². The van der Waals surface area contributed by atoms with Gasteiger partial charge in [-0.3, -0.25) is 4.79 Å². The molecule has 2 nitrogen and oxygen atoms in total. The van der Waals surface area contributed by atoms with Crippen LogP contribution in [0.4, 0.5) is 0 Å². The number of hydrogen-bond acceptors (Lipinski definition) is 2. The molecule has 0 amide bonds. The zero-order valence-electron chi connectivity index (χ0n) is 10.3. The molecule has 0 bridgehead atoms. The predicted molar refractivity (Wildman–Crippen MR) is 73.6 cm³/mol. The molecule has 0 unspecified atom stereocenters. The second-order valence-corrected chi connectivity index (χ2v) is 5.53. The number of Topliss-reactive ketones (excluding diaryl/α,β-unsaturated/α-hetero) is 1. The smallest absolute Gasteiger partial charge is 0.194 e. The van der Waals surface area contributed by atoms with E-state index in [0.717, 1.165) is 25.7 Å². The van der Waals surface area contributed by atoms with Crippen LogP contribution in [0.15, 0.2) is 18.2 Å². The summed E-state index contributed by atoms with van der Waals surface area (Å²) in [5, 5.41) is 0.868. The van der Waals surface area contributed by atoms with Gasteiger partial charge in [0.15, 0.2) is 5.78 Å². The van der Waals surface area contributed by atoms with E-state index in [1.807, 2.05) is 0 Å². The number of benzene rings is 1. The molecule has 0 aromatic heterocycles. The number of carbonyl (C=O) groups excluding carboxylic acids is 1. The standard InChI is InChI=1S/C14H16Cl2O2/c1-18-14(7-3-2-4-8-14)13(17)10-5-6-11(15)12(16)9-10/h5-6,9H,2-4,7-8H2,1H3. The van der Waals surface area contributed by atoms with Crippen LogP contribution in [0.1, 0.15) is 42.5 Å². The maximum atomic E-state index is 12.6. The number of rotatable bonds is 3. The molecule has 0 atom stereocenters. The molecular weight excluding hydrogens is 271 g/mol. The topological polar surface area (TPSA) is 26.3 Å². The lowest BCUT2D eigenvalue weighted by Crippen LogP contribution is -2.42. The molecule has 1 aliphatic carbocycles. The van der Waals surface area contributed by atoms with Crippen molar-refractivity contribution in [3.63, 3.8) is 0 Å². The van der Waals surface area contributed by atoms with Gasteiger partial charge in [0.2, 0.25) is 0 Å². The number of carbonyl (C=O) groups is 1. The number of ketones is 1. The van der Waals surface area contributed by atoms with Crippen LogP contribution >= 0.6 is 23.2 Å². The van der Waals surface area contributed by atoms with E-state index in [-0.39, 0.29) is 5.78 Å². The molecule has 98 valence electrons. The Morgan fingerprint density at radius 2 is 1.83 bits per heavy atom. The van der Waals surface area contributed by atoms with Gasteiger partial charge in [0.25, 0.3) is 0 Å². The van der Waals surface area contributed by atoms with Gasteiger partial charge < -0.3 is 4.74 Å². The maximum absolute atomic E-state index is 12.6. The van der Waals surface area contributed by atoms with Crippen molar-refractivity contribution >= 4 is 29.0 Å². The van der Waals surface area contributed by atoms with Crippen LogP contribution in [0.25, 0.3) is 0 Å². The molecule has 1 aromatic carbocycles. The van der Waals surface area contributed by atoms with Gasteiger partial charge in [-0.05, 0) is 31.0 Å². The highest BCUT2D eigenvalue weighted by atomic mass is 35.5. The summed E-state index contributed by atoms with van der Waals surface area (Å²) in [6.45, 7) is 0. The van der Waals surface area contributed by atoms with Crippen LogP contribution < -0.4 is 0 Å². The van der Waals surface area contributed by atoms with Gasteiger partial charge in [0.1, 0.15) is 5.60 Å². The second-order valence-electron chi connectivity index (χ2n) is 4.72. The van der Waals surface area contributed by atoms with Crippen molar-refractivity contribution in [1.29, 1.82) is 0 Å². The van der Waals surface area contributed by atoms with Gasteiger partial charge >= 0.3 is 0 Å². The number of halogens is 2. The lowest BCUT2D eigenvalue weighted by atomic mass is 9.79. The van der Waals surface area contributed by atoms with Crippen LogP contribution in [0.3, 0.4) is 0 Å². The van der Waals surface area contributed by atoms with E-state index in [1.54, 1.807) is 25.3 Å². The zero-order chi connectivity index (χ0) is 13.2. The highest BCUT2D eigenvalue weighted by Crippen LogP contribution is 2.35. The van der Waals surface area contributed by atoms with Crippen LogP contribution in [-0.4, -0.2) is 18.5 Å². The molecule has 1 saturated carbocycles. The van der Waals surface area contributed by atoms with Crippen molar-refractivity contribution in [3.8, 4) is 0 Å². The third-order valence-electron chi connectivity index (χ3n) is 3.65. The quantitative estimate of drug-likeness (QED) is 0.764. The highest BCUT2D eigenvalue weighted by Gasteiger charge is 2.39. The average Bonchev–Trinajstić information content (AvgIpc) is 2.42. The SMILES string of the molecule is COC1(C(=O)c2ccc(Cl)c(Cl)c2)CCCCC1. The second kappa shape index (κ2) is 5.60. The minimum Gasteiger partial charge on any atom is -0.370 e. The first-order valence-corrected chi connectivity index (χ1v) is 6.90. The Labute approximate surface area is 117 Å². The molecule has 0 aliphatic heterocycles. The van der Waals surface area contributed by atoms with E-state index >= 15 is 0 Å². The van der Waals surface area contributed by atoms with E-state index in [2.05, 4.69) is 0 Å². The fourth-order valence-electron chi connectivity index (χ4n) is 2.55. The van der Waals surface area contributed by atoms with Crippen LogP contribution in [0.2, 0.25) is 10.0 Å². The van der Waals surface area contributed by atoms with Gasteiger partial charge in [-0.15, -0.1) is 0 Å². The summed E-state index contributed by atoms with van der Waals surface area (Å²) < 4.78 is 5.54. The first-order valence-electron chi connectivity index (χ1n) is 6.14. The van der Waals surface area contributed by atoms with Crippen molar-refractivity contribution in [2.24, 2.45) is 0 Å². The normalized spacial score (nSPS) is 18.6. The van der Waals surface area contributed by atoms with E-state index in [9.17, 15) is 4.79 Å². The Balaban J connectivity index is 2.30. The van der Waals surface area contributed by atoms with Gasteiger partial charge in [0, 0.05) is 12.7 Å². The average molecular weight is 287 g/mol. The molecule has 0 spiro atoms. The molecule has 1 fully saturated rings. The third-order valence-corrected chi connectivity index (χ3v) is 4.39. The Morgan fingerprint density at radius 3 is 2.39 bits per heavy atom. The Bertz CT molecular complexity index is 451. The lowest BCUT2D eigenvalue weighted by Gasteiger charge is -2.34. The molecular formula is C14H16Cl2O2. The molecule has 0 radical (unpaired) electrons. The Hall–Kier alpha value is -0.570. The molecule has 0 heterocycles. The Kier molecular flexibility index (Phi) is 4.31. The molecule has 1 aliphatic rings. The third kappa shape index (κ3) is 2.56. The predicted octanol–water partition coefficient (Wildman–Crippen LogP) is 4.53. The molecule has 4 heteroatoms. The fourth-order valence-corrected chi connectivity index (χ4v) is 2.85. The van der Waals surface area contributed by atoms with Crippen molar-refractivity contribution in [2.45, 2.75) is 37.7 Å². The van der Waals surface area contributed by atoms with Gasteiger partial charge in [0.05, 0.1) is 10.0 Å². The summed E-state index contributed by atoms with van der Waals surface area (Å²) in [6.07, 6.45) is 4.78. The van der Waals surface area contributed by atoms with Crippen molar-refractivity contribution in [1.82, 2.24) is 0 Å². The van der Waals surface area contributed by atoms with Crippen LogP contribution in [-0.2, 0) is 4.74 Å². The number of ether oxygens (including phenoxy) is 1. The summed E-state index contributed by atoms with van der Waals surface area (Å²) in [5.74, 6) is 0.0169. The summed E-state index contributed by atoms with van der Waals surface area (Å²) in [6, 6.07) is 5.00. The fraction of sp³-hybridized carbons (Fsp3) is 0.500. The van der Waals surface area contributed by atoms with Gasteiger partial charge in [-0.25, -0.2) is 0 Å². The first kappa shape index (κ1) is 13.9. The number of hydrogen-bond donors (Lipinski definition) is 0.